The van der Waals surface area contributed by atoms with Gasteiger partial charge in [0.2, 0.25) is 0 Å². The normalized spacial score (nSPS) is 12.0. The zero-order valence-electron chi connectivity index (χ0n) is 37.6. The molecule has 0 amide bonds. The molecule has 0 saturated heterocycles. The molecule has 70 heavy (non-hydrogen) atoms. The van der Waals surface area contributed by atoms with E-state index in [2.05, 4.69) is 219 Å². The molecule has 0 aliphatic heterocycles. The molecule has 0 radical (unpaired) electrons. The van der Waals surface area contributed by atoms with Gasteiger partial charge in [-0.2, -0.15) is 10.5 Å². The van der Waals surface area contributed by atoms with Crippen molar-refractivity contribution >= 4 is 109 Å². The maximum Gasteiger partial charge on any atom is 0.136 e. The lowest BCUT2D eigenvalue weighted by molar-refractivity contribution is 0.669. The quantitative estimate of drug-likeness (QED) is 0.176. The Balaban J connectivity index is 1.29. The predicted molar refractivity (Wildman–Crippen MR) is 285 cm³/mol. The number of fused-ring (bicyclic) bond motifs is 15. The first-order valence-corrected chi connectivity index (χ1v) is 23.5. The lowest BCUT2D eigenvalue weighted by Crippen LogP contribution is -2.17. The molecule has 0 saturated carbocycles. The molecule has 0 N–H and O–H groups in total. The topological polar surface area (TPSA) is 80.4 Å². The van der Waals surface area contributed by atoms with Crippen LogP contribution in [0.4, 0.5) is 0 Å². The van der Waals surface area contributed by atoms with E-state index in [4.69, 9.17) is 4.42 Å². The molecule has 0 aliphatic rings. The van der Waals surface area contributed by atoms with E-state index in [0.29, 0.717) is 11.4 Å². The van der Waals surface area contributed by atoms with Crippen LogP contribution in [0.3, 0.4) is 0 Å². The van der Waals surface area contributed by atoms with Crippen molar-refractivity contribution in [2.75, 3.05) is 0 Å². The first-order valence-electron chi connectivity index (χ1n) is 23.5. The fraction of sp³-hybridized carbons (Fsp3) is 0.0159. The molecule has 5 heterocycles. The second-order valence-electron chi connectivity index (χ2n) is 18.3. The van der Waals surface area contributed by atoms with Crippen LogP contribution in [0.25, 0.3) is 132 Å². The molecule has 0 fully saturated rings. The van der Waals surface area contributed by atoms with E-state index in [1.165, 1.54) is 0 Å². The summed E-state index contributed by atoms with van der Waals surface area (Å²) in [4.78, 5) is 0. The number of hydrogen-bond acceptors (Lipinski definition) is 3. The van der Waals surface area contributed by atoms with Gasteiger partial charge in [0.25, 0.3) is 0 Å². The molecule has 0 bridgehead atoms. The minimum atomic E-state index is 0.261. The van der Waals surface area contributed by atoms with Gasteiger partial charge in [-0.25, -0.2) is 0 Å². The third kappa shape index (κ3) is 4.94. The van der Waals surface area contributed by atoms with E-state index in [0.717, 1.165) is 126 Å². The molecule has 15 rings (SSSR count). The number of para-hydroxylation sites is 7. The number of aryl methyl sites for hydroxylation is 1. The number of aromatic nitrogens is 4. The molecular weight excluding hydrogens is 857 g/mol. The molecule has 0 aliphatic carbocycles. The molecule has 0 spiro atoms. The van der Waals surface area contributed by atoms with Crippen LogP contribution in [0.1, 0.15) is 16.7 Å². The molecular formula is C63H36N6O. The van der Waals surface area contributed by atoms with Crippen molar-refractivity contribution in [2.24, 2.45) is 0 Å². The van der Waals surface area contributed by atoms with Gasteiger partial charge < -0.3 is 22.7 Å². The largest absolute Gasteiger partial charge is 0.456 e. The van der Waals surface area contributed by atoms with Crippen molar-refractivity contribution in [1.29, 1.82) is 10.5 Å². The Kier molecular flexibility index (Phi) is 7.72. The van der Waals surface area contributed by atoms with Crippen molar-refractivity contribution in [3.05, 3.63) is 217 Å². The predicted octanol–water partition coefficient (Wildman–Crippen LogP) is 16.0. The third-order valence-electron chi connectivity index (χ3n) is 14.7. The molecule has 15 aromatic rings. The number of furan rings is 1. The summed E-state index contributed by atoms with van der Waals surface area (Å²) in [6.45, 7) is 2.11. The van der Waals surface area contributed by atoms with Gasteiger partial charge in [-0.1, -0.05) is 139 Å². The van der Waals surface area contributed by atoms with Crippen molar-refractivity contribution in [2.45, 2.75) is 6.92 Å². The number of nitriles is 2. The van der Waals surface area contributed by atoms with Gasteiger partial charge in [-0.15, -0.1) is 0 Å². The van der Waals surface area contributed by atoms with Crippen LogP contribution in [-0.4, -0.2) is 18.3 Å². The van der Waals surface area contributed by atoms with Gasteiger partial charge in [-0.05, 0) is 73.7 Å². The first-order chi connectivity index (χ1) is 34.6. The second kappa shape index (κ2) is 14.1. The van der Waals surface area contributed by atoms with Gasteiger partial charge in [0.15, 0.2) is 0 Å². The van der Waals surface area contributed by atoms with E-state index in [-0.39, 0.29) is 11.1 Å². The zero-order chi connectivity index (χ0) is 46.4. The Morgan fingerprint density at radius 1 is 0.300 bits per heavy atom. The maximum absolute atomic E-state index is 12.2. The zero-order valence-corrected chi connectivity index (χ0v) is 37.6. The van der Waals surface area contributed by atoms with Crippen LogP contribution >= 0.6 is 0 Å². The van der Waals surface area contributed by atoms with Crippen molar-refractivity contribution in [1.82, 2.24) is 18.3 Å². The van der Waals surface area contributed by atoms with Crippen LogP contribution in [0.5, 0.6) is 0 Å². The first kappa shape index (κ1) is 38.3. The summed E-state index contributed by atoms with van der Waals surface area (Å²) in [5, 5.41) is 34.7. The Hall–Kier alpha value is -9.82. The van der Waals surface area contributed by atoms with Gasteiger partial charge in [0.1, 0.15) is 23.3 Å². The van der Waals surface area contributed by atoms with E-state index in [9.17, 15) is 10.5 Å². The Morgan fingerprint density at radius 3 is 1.07 bits per heavy atom. The summed E-state index contributed by atoms with van der Waals surface area (Å²) >= 11 is 0. The summed E-state index contributed by atoms with van der Waals surface area (Å²) in [5.74, 6) is 0. The van der Waals surface area contributed by atoms with E-state index >= 15 is 0 Å². The highest BCUT2D eigenvalue weighted by Crippen LogP contribution is 2.50. The molecule has 0 atom stereocenters. The van der Waals surface area contributed by atoms with Crippen molar-refractivity contribution < 1.29 is 4.42 Å². The monoisotopic (exact) mass is 892 g/mol. The van der Waals surface area contributed by atoms with Crippen LogP contribution in [-0.2, 0) is 0 Å². The number of benzene rings is 10. The average molecular weight is 893 g/mol. The molecule has 324 valence electrons. The van der Waals surface area contributed by atoms with E-state index < -0.39 is 0 Å². The van der Waals surface area contributed by atoms with Gasteiger partial charge in [-0.3, -0.25) is 0 Å². The van der Waals surface area contributed by atoms with Crippen LogP contribution in [0.15, 0.2) is 205 Å². The summed E-state index contributed by atoms with van der Waals surface area (Å²) in [7, 11) is 0. The SMILES string of the molecule is Cc1ccc2c(c1)c1cc3oc4ccccc4c3cc1n2-c1c(C#N)c(C#N)c(-n2c3ccccc3c3ccccc32)c(-n2c3ccccc3c3ccccc32)c1-n1c2ccccc2c2ccccc21. The average Bonchev–Trinajstić information content (AvgIpc) is 4.21. The molecule has 10 aromatic carbocycles. The molecule has 7 heteroatoms. The lowest BCUT2D eigenvalue weighted by atomic mass is 9.98. The summed E-state index contributed by atoms with van der Waals surface area (Å²) < 4.78 is 15.8. The Bertz CT molecular complexity index is 4720. The number of nitrogens with zero attached hydrogens (tertiary/aromatic N) is 6. The molecule has 5 aromatic heterocycles. The third-order valence-corrected chi connectivity index (χ3v) is 14.7. The Labute approximate surface area is 399 Å². The van der Waals surface area contributed by atoms with Gasteiger partial charge in [0, 0.05) is 53.9 Å². The fourth-order valence-corrected chi connectivity index (χ4v) is 11.9. The minimum Gasteiger partial charge on any atom is -0.456 e. The van der Waals surface area contributed by atoms with Crippen LogP contribution in [0.2, 0.25) is 0 Å². The summed E-state index contributed by atoms with van der Waals surface area (Å²) in [6, 6.07) is 75.4. The van der Waals surface area contributed by atoms with E-state index in [1.807, 2.05) is 18.2 Å². The van der Waals surface area contributed by atoms with E-state index in [1.54, 1.807) is 0 Å². The van der Waals surface area contributed by atoms with Crippen molar-refractivity contribution in [3.8, 4) is 34.9 Å². The van der Waals surface area contributed by atoms with Crippen LogP contribution in [0, 0.1) is 29.6 Å². The molecule has 0 unspecified atom stereocenters. The lowest BCUT2D eigenvalue weighted by Gasteiger charge is -2.27. The number of rotatable bonds is 4. The summed E-state index contributed by atoms with van der Waals surface area (Å²) in [5.41, 5.74) is 13.5. The fourth-order valence-electron chi connectivity index (χ4n) is 11.9. The summed E-state index contributed by atoms with van der Waals surface area (Å²) in [6.07, 6.45) is 0. The highest BCUT2D eigenvalue weighted by molar-refractivity contribution is 6.19. The van der Waals surface area contributed by atoms with Gasteiger partial charge >= 0.3 is 0 Å². The maximum atomic E-state index is 12.2. The van der Waals surface area contributed by atoms with Crippen molar-refractivity contribution in [3.63, 3.8) is 0 Å². The highest BCUT2D eigenvalue weighted by Gasteiger charge is 2.35. The smallest absolute Gasteiger partial charge is 0.136 e. The highest BCUT2D eigenvalue weighted by atomic mass is 16.3. The number of hydrogen-bond donors (Lipinski definition) is 0. The van der Waals surface area contributed by atoms with Crippen LogP contribution < -0.4 is 0 Å². The minimum absolute atomic E-state index is 0.261. The van der Waals surface area contributed by atoms with Gasteiger partial charge in [0.05, 0.1) is 78.0 Å². The Morgan fingerprint density at radius 2 is 0.643 bits per heavy atom. The second-order valence-corrected chi connectivity index (χ2v) is 18.3. The molecule has 7 nitrogen and oxygen atoms in total. The standard InChI is InChI=1S/C63H36N6O/c1-37-30-31-56-45(32-37)46-34-59-47(44-22-8-15-29-58(44)70-59)33-57(46)69(56)61-49(36-65)48(35-64)60(66-50-23-9-2-16-38(50)39-17-3-10-24-51(39)66)62(67-52-25-11-4-18-40(52)41-19-5-12-26-53(41)67)63(61)68-54-27-13-6-20-42(54)43-21-7-14-28-55(43)68/h2-34H,1H3.